The summed E-state index contributed by atoms with van der Waals surface area (Å²) in [6, 6.07) is 8.75. The topological polar surface area (TPSA) is 69.7 Å². The fourth-order valence-corrected chi connectivity index (χ4v) is 3.31. The number of hydrogen-bond donors (Lipinski definition) is 0. The number of ether oxygens (including phenoxy) is 2. The Hall–Kier alpha value is -2.69. The molecule has 0 saturated heterocycles. The smallest absolute Gasteiger partial charge is 0.341 e. The van der Waals surface area contributed by atoms with Crippen LogP contribution in [0.5, 0.6) is 0 Å². The summed E-state index contributed by atoms with van der Waals surface area (Å²) in [5, 5.41) is 0. The van der Waals surface area contributed by atoms with Crippen LogP contribution in [0, 0.1) is 5.41 Å². The van der Waals surface area contributed by atoms with E-state index in [1.807, 2.05) is 13.0 Å². The standard InChI is InChI=1S/C19H18O5/c1-19-11-14(18(22)23-2)15(20)10-13(19)8-9-16(19)24-17(21)12-6-4-3-5-7-12/h3-7,10-11,16H,8-9H2,1-2H3/t16-,19-/m0/s1. The molecule has 2 atom stereocenters. The van der Waals surface area contributed by atoms with E-state index in [9.17, 15) is 14.4 Å². The molecule has 2 aliphatic rings. The third-order valence-electron chi connectivity index (χ3n) is 4.72. The summed E-state index contributed by atoms with van der Waals surface area (Å²) in [6.45, 7) is 1.88. The largest absolute Gasteiger partial charge is 0.465 e. The van der Waals surface area contributed by atoms with E-state index >= 15 is 0 Å². The number of methoxy groups -OCH3 is 1. The number of fused-ring (bicyclic) bond motifs is 1. The summed E-state index contributed by atoms with van der Waals surface area (Å²) in [4.78, 5) is 36.2. The second-order valence-corrected chi connectivity index (χ2v) is 6.16. The number of esters is 2. The molecule has 0 aromatic heterocycles. The van der Waals surface area contributed by atoms with Gasteiger partial charge in [-0.1, -0.05) is 29.8 Å². The van der Waals surface area contributed by atoms with Crippen molar-refractivity contribution in [3.63, 3.8) is 0 Å². The van der Waals surface area contributed by atoms with E-state index in [0.29, 0.717) is 18.4 Å². The predicted molar refractivity (Wildman–Crippen MR) is 86.2 cm³/mol. The van der Waals surface area contributed by atoms with E-state index < -0.39 is 23.5 Å². The predicted octanol–water partition coefficient (Wildman–Crippen LogP) is 2.62. The van der Waals surface area contributed by atoms with Crippen LogP contribution in [0.25, 0.3) is 0 Å². The molecule has 1 aromatic carbocycles. The van der Waals surface area contributed by atoms with Gasteiger partial charge in [0.2, 0.25) is 0 Å². The summed E-state index contributed by atoms with van der Waals surface area (Å²) < 4.78 is 10.4. The van der Waals surface area contributed by atoms with Gasteiger partial charge in [-0.15, -0.1) is 0 Å². The van der Waals surface area contributed by atoms with Gasteiger partial charge in [0.05, 0.1) is 12.7 Å². The lowest BCUT2D eigenvalue weighted by molar-refractivity contribution is -0.137. The molecule has 124 valence electrons. The van der Waals surface area contributed by atoms with Gasteiger partial charge < -0.3 is 9.47 Å². The maximum atomic E-state index is 12.3. The average molecular weight is 326 g/mol. The van der Waals surface area contributed by atoms with Gasteiger partial charge >= 0.3 is 11.9 Å². The third kappa shape index (κ3) is 2.66. The van der Waals surface area contributed by atoms with E-state index in [-0.39, 0.29) is 11.4 Å². The van der Waals surface area contributed by atoms with Gasteiger partial charge in [0.15, 0.2) is 5.78 Å². The van der Waals surface area contributed by atoms with Gasteiger partial charge in [0.25, 0.3) is 0 Å². The van der Waals surface area contributed by atoms with Gasteiger partial charge in [-0.2, -0.15) is 0 Å². The Labute approximate surface area is 139 Å². The van der Waals surface area contributed by atoms with E-state index in [2.05, 4.69) is 4.74 Å². The van der Waals surface area contributed by atoms with Crippen molar-refractivity contribution in [1.82, 2.24) is 0 Å². The summed E-state index contributed by atoms with van der Waals surface area (Å²) in [7, 11) is 1.24. The fraction of sp³-hybridized carbons (Fsp3) is 0.316. The molecule has 5 heteroatoms. The van der Waals surface area contributed by atoms with Crippen molar-refractivity contribution in [2.45, 2.75) is 25.9 Å². The number of rotatable bonds is 3. The molecule has 1 aromatic rings. The molecular formula is C19H18O5. The van der Waals surface area contributed by atoms with E-state index in [0.717, 1.165) is 5.57 Å². The first-order valence-corrected chi connectivity index (χ1v) is 7.78. The van der Waals surface area contributed by atoms with Crippen LogP contribution in [0.15, 0.2) is 53.6 Å². The van der Waals surface area contributed by atoms with Crippen LogP contribution in [0.4, 0.5) is 0 Å². The van der Waals surface area contributed by atoms with E-state index in [4.69, 9.17) is 4.74 Å². The number of allylic oxidation sites excluding steroid dienone is 1. The van der Waals surface area contributed by atoms with Crippen molar-refractivity contribution in [3.8, 4) is 0 Å². The number of ketones is 1. The fourth-order valence-electron chi connectivity index (χ4n) is 3.31. The minimum Gasteiger partial charge on any atom is -0.465 e. The van der Waals surface area contributed by atoms with Gasteiger partial charge in [0, 0.05) is 5.41 Å². The monoisotopic (exact) mass is 326 g/mol. The van der Waals surface area contributed by atoms with Crippen molar-refractivity contribution in [1.29, 1.82) is 0 Å². The zero-order valence-corrected chi connectivity index (χ0v) is 13.6. The highest BCUT2D eigenvalue weighted by Gasteiger charge is 2.47. The first-order chi connectivity index (χ1) is 11.5. The van der Waals surface area contributed by atoms with Crippen molar-refractivity contribution in [3.05, 3.63) is 59.2 Å². The molecule has 1 saturated carbocycles. The quantitative estimate of drug-likeness (QED) is 0.631. The van der Waals surface area contributed by atoms with Gasteiger partial charge in [-0.05, 0) is 38.0 Å². The molecule has 5 nitrogen and oxygen atoms in total. The molecule has 24 heavy (non-hydrogen) atoms. The lowest BCUT2D eigenvalue weighted by Crippen LogP contribution is -2.34. The summed E-state index contributed by atoms with van der Waals surface area (Å²) in [6.07, 6.45) is 3.90. The molecule has 0 spiro atoms. The number of carbonyl (C=O) groups excluding carboxylic acids is 3. The first kappa shape index (κ1) is 16.2. The maximum Gasteiger partial charge on any atom is 0.341 e. The van der Waals surface area contributed by atoms with Crippen molar-refractivity contribution in [2.75, 3.05) is 7.11 Å². The van der Waals surface area contributed by atoms with Crippen LogP contribution in [-0.2, 0) is 19.1 Å². The third-order valence-corrected chi connectivity index (χ3v) is 4.72. The summed E-state index contributed by atoms with van der Waals surface area (Å²) >= 11 is 0. The minimum atomic E-state index is -0.670. The zero-order chi connectivity index (χ0) is 17.3. The normalized spacial score (nSPS) is 25.4. The zero-order valence-electron chi connectivity index (χ0n) is 13.6. The molecule has 2 aliphatic carbocycles. The van der Waals surface area contributed by atoms with Crippen molar-refractivity contribution in [2.24, 2.45) is 5.41 Å². The Morgan fingerprint density at radius 2 is 1.88 bits per heavy atom. The molecule has 0 aliphatic heterocycles. The molecule has 0 unspecified atom stereocenters. The Bertz CT molecular complexity index is 759. The highest BCUT2D eigenvalue weighted by molar-refractivity contribution is 6.22. The molecule has 0 amide bonds. The number of carbonyl (C=O) groups is 3. The molecule has 3 rings (SSSR count). The molecule has 0 heterocycles. The van der Waals surface area contributed by atoms with E-state index in [1.165, 1.54) is 13.2 Å². The van der Waals surface area contributed by atoms with Crippen LogP contribution < -0.4 is 0 Å². The van der Waals surface area contributed by atoms with Crippen molar-refractivity contribution >= 4 is 17.7 Å². The Morgan fingerprint density at radius 3 is 2.54 bits per heavy atom. The Morgan fingerprint density at radius 1 is 1.17 bits per heavy atom. The molecular weight excluding hydrogens is 308 g/mol. The minimum absolute atomic E-state index is 0.00795. The van der Waals surface area contributed by atoms with Crippen LogP contribution in [0.3, 0.4) is 0 Å². The molecule has 0 radical (unpaired) electrons. The van der Waals surface area contributed by atoms with Crippen LogP contribution in [0.2, 0.25) is 0 Å². The molecule has 1 fully saturated rings. The SMILES string of the molecule is COC(=O)C1=C[C@@]2(C)C(=CC1=O)CC[C@@H]2OC(=O)c1ccccc1. The maximum absolute atomic E-state index is 12.3. The van der Waals surface area contributed by atoms with Gasteiger partial charge in [0.1, 0.15) is 11.7 Å². The first-order valence-electron chi connectivity index (χ1n) is 7.78. The Balaban J connectivity index is 1.88. The second kappa shape index (κ2) is 6.07. The number of benzene rings is 1. The van der Waals surface area contributed by atoms with Crippen LogP contribution in [-0.4, -0.2) is 30.9 Å². The Kier molecular flexibility index (Phi) is 4.09. The second-order valence-electron chi connectivity index (χ2n) is 6.16. The lowest BCUT2D eigenvalue weighted by atomic mass is 9.76. The summed E-state index contributed by atoms with van der Waals surface area (Å²) in [5.74, 6) is -1.44. The highest BCUT2D eigenvalue weighted by atomic mass is 16.5. The van der Waals surface area contributed by atoms with Crippen molar-refractivity contribution < 1.29 is 23.9 Å². The highest BCUT2D eigenvalue weighted by Crippen LogP contribution is 2.48. The van der Waals surface area contributed by atoms with Gasteiger partial charge in [-0.3, -0.25) is 4.79 Å². The summed E-state index contributed by atoms with van der Waals surface area (Å²) in [5.41, 5.74) is 0.682. The van der Waals surface area contributed by atoms with Crippen LogP contribution >= 0.6 is 0 Å². The number of hydrogen-bond acceptors (Lipinski definition) is 5. The average Bonchev–Trinajstić information content (AvgIpc) is 2.90. The van der Waals surface area contributed by atoms with E-state index in [1.54, 1.807) is 30.3 Å². The van der Waals surface area contributed by atoms with Crippen LogP contribution in [0.1, 0.15) is 30.1 Å². The molecule has 0 bridgehead atoms. The van der Waals surface area contributed by atoms with Gasteiger partial charge in [-0.25, -0.2) is 9.59 Å². The molecule has 0 N–H and O–H groups in total. The lowest BCUT2D eigenvalue weighted by Gasteiger charge is -2.32.